The van der Waals surface area contributed by atoms with Crippen molar-refractivity contribution >= 4 is 5.82 Å². The van der Waals surface area contributed by atoms with Gasteiger partial charge >= 0.3 is 0 Å². The van der Waals surface area contributed by atoms with Gasteiger partial charge in [0.2, 0.25) is 0 Å². The number of hydrogen-bond donors (Lipinski definition) is 2. The first-order valence-electron chi connectivity index (χ1n) is 10.3. The number of aromatic nitrogens is 3. The monoisotopic (exact) mass is 387 g/mol. The number of fused-ring (bicyclic) bond motifs is 2. The highest BCUT2D eigenvalue weighted by molar-refractivity contribution is 5.57. The predicted molar refractivity (Wildman–Crippen MR) is 113 cm³/mol. The van der Waals surface area contributed by atoms with Gasteiger partial charge in [-0.1, -0.05) is 30.3 Å². The molecule has 2 N–H and O–H groups in total. The largest absolute Gasteiger partial charge is 0.371 e. The van der Waals surface area contributed by atoms with Crippen LogP contribution in [0.25, 0.3) is 11.5 Å². The minimum absolute atomic E-state index is 0.0350. The summed E-state index contributed by atoms with van der Waals surface area (Å²) in [7, 11) is 0. The average Bonchev–Trinajstić information content (AvgIpc) is 3.03. The molecule has 29 heavy (non-hydrogen) atoms. The van der Waals surface area contributed by atoms with Crippen LogP contribution in [-0.2, 0) is 24.0 Å². The maximum Gasteiger partial charge on any atom is 0.180 e. The van der Waals surface area contributed by atoms with E-state index in [1.807, 2.05) is 18.2 Å². The lowest BCUT2D eigenvalue weighted by atomic mass is 9.97. The molecule has 1 atom stereocenters. The summed E-state index contributed by atoms with van der Waals surface area (Å²) in [6.45, 7) is 3.32. The fourth-order valence-corrected chi connectivity index (χ4v) is 4.14. The van der Waals surface area contributed by atoms with Gasteiger partial charge in [0.15, 0.2) is 5.82 Å². The van der Waals surface area contributed by atoms with Crippen molar-refractivity contribution in [2.75, 3.05) is 31.6 Å². The topological polar surface area (TPSA) is 72.0 Å². The zero-order valence-corrected chi connectivity index (χ0v) is 16.4. The highest BCUT2D eigenvalue weighted by Crippen LogP contribution is 2.29. The normalized spacial score (nSPS) is 18.4. The molecule has 0 bridgehead atoms. The van der Waals surface area contributed by atoms with Crippen LogP contribution in [0, 0.1) is 0 Å². The molecular weight excluding hydrogens is 362 g/mol. The molecule has 148 valence electrons. The Balaban J connectivity index is 1.46. The maximum atomic E-state index is 6.08. The van der Waals surface area contributed by atoms with Crippen molar-refractivity contribution in [2.24, 2.45) is 0 Å². The molecule has 0 fully saturated rings. The number of nitrogens with zero attached hydrogens (tertiary/aromatic N) is 3. The van der Waals surface area contributed by atoms with Gasteiger partial charge in [-0.05, 0) is 42.6 Å². The molecule has 0 amide bonds. The van der Waals surface area contributed by atoms with Gasteiger partial charge < -0.3 is 15.4 Å². The number of pyridine rings is 1. The summed E-state index contributed by atoms with van der Waals surface area (Å²) in [4.78, 5) is 14.2. The van der Waals surface area contributed by atoms with E-state index in [4.69, 9.17) is 14.7 Å². The van der Waals surface area contributed by atoms with Crippen molar-refractivity contribution in [3.05, 3.63) is 71.0 Å². The average molecular weight is 387 g/mol. The Morgan fingerprint density at radius 1 is 1.00 bits per heavy atom. The molecule has 0 radical (unpaired) electrons. The van der Waals surface area contributed by atoms with Crippen molar-refractivity contribution in [1.82, 2.24) is 20.3 Å². The predicted octanol–water partition coefficient (Wildman–Crippen LogP) is 2.95. The fourth-order valence-electron chi connectivity index (χ4n) is 4.14. The van der Waals surface area contributed by atoms with Crippen LogP contribution in [0.4, 0.5) is 5.82 Å². The Kier molecular flexibility index (Phi) is 5.19. The van der Waals surface area contributed by atoms with E-state index in [0.29, 0.717) is 12.4 Å². The molecule has 0 spiro atoms. The van der Waals surface area contributed by atoms with Crippen LogP contribution >= 0.6 is 0 Å². The number of anilines is 1. The summed E-state index contributed by atoms with van der Waals surface area (Å²) in [5.74, 6) is 1.59. The molecular formula is C23H25N5O. The van der Waals surface area contributed by atoms with Gasteiger partial charge in [0.05, 0.1) is 18.4 Å². The second-order valence-corrected chi connectivity index (χ2v) is 7.48. The van der Waals surface area contributed by atoms with E-state index in [0.717, 1.165) is 56.2 Å². The minimum atomic E-state index is 0.0350. The lowest BCUT2D eigenvalue weighted by Crippen LogP contribution is -2.24. The van der Waals surface area contributed by atoms with E-state index in [1.54, 1.807) is 6.20 Å². The smallest absolute Gasteiger partial charge is 0.180 e. The highest BCUT2D eigenvalue weighted by atomic mass is 16.5. The van der Waals surface area contributed by atoms with Crippen LogP contribution in [0.1, 0.15) is 28.5 Å². The number of nitrogens with one attached hydrogen (secondary N) is 2. The van der Waals surface area contributed by atoms with E-state index in [1.165, 1.54) is 16.7 Å². The first-order valence-corrected chi connectivity index (χ1v) is 10.3. The van der Waals surface area contributed by atoms with E-state index in [-0.39, 0.29) is 6.10 Å². The summed E-state index contributed by atoms with van der Waals surface area (Å²) in [6.07, 6.45) is 4.61. The molecule has 0 saturated heterocycles. The third kappa shape index (κ3) is 3.86. The standard InChI is InChI=1S/C23H25N5O/c1-2-6-17-16(5-1)10-14-29-21(17)15-26-22-18-8-12-24-13-9-19(18)27-23(28-22)20-7-3-4-11-25-20/h1-7,11,21,24H,8-10,12-15H2,(H,26,27,28)/t21-/m1/s1. The first kappa shape index (κ1) is 18.2. The summed E-state index contributed by atoms with van der Waals surface area (Å²) in [5, 5.41) is 7.05. The molecule has 6 nitrogen and oxygen atoms in total. The van der Waals surface area contributed by atoms with Crippen LogP contribution in [0.15, 0.2) is 48.7 Å². The second-order valence-electron chi connectivity index (χ2n) is 7.48. The van der Waals surface area contributed by atoms with Crippen LogP contribution in [0.2, 0.25) is 0 Å². The first-order chi connectivity index (χ1) is 14.4. The molecule has 5 rings (SSSR count). The zero-order chi connectivity index (χ0) is 19.5. The van der Waals surface area contributed by atoms with Gasteiger partial charge in [-0.2, -0.15) is 0 Å². The SMILES string of the molecule is c1ccc(-c2nc3c(c(NC[C@H]4OCCc5ccccc54)n2)CCNCC3)nc1. The maximum absolute atomic E-state index is 6.08. The Labute approximate surface area is 170 Å². The summed E-state index contributed by atoms with van der Waals surface area (Å²) >= 11 is 0. The fraction of sp³-hybridized carbons (Fsp3) is 0.348. The van der Waals surface area contributed by atoms with Gasteiger partial charge in [0.1, 0.15) is 11.5 Å². The van der Waals surface area contributed by atoms with Crippen LogP contribution < -0.4 is 10.6 Å². The molecule has 6 heteroatoms. The lowest BCUT2D eigenvalue weighted by molar-refractivity contribution is 0.0513. The minimum Gasteiger partial charge on any atom is -0.371 e. The molecule has 2 aliphatic heterocycles. The number of benzene rings is 1. The van der Waals surface area contributed by atoms with Gasteiger partial charge in [-0.25, -0.2) is 9.97 Å². The number of ether oxygens (including phenoxy) is 1. The van der Waals surface area contributed by atoms with Gasteiger partial charge in [-0.15, -0.1) is 0 Å². The van der Waals surface area contributed by atoms with Gasteiger partial charge in [0.25, 0.3) is 0 Å². The number of rotatable bonds is 4. The van der Waals surface area contributed by atoms with Gasteiger partial charge in [0, 0.05) is 31.3 Å². The Bertz CT molecular complexity index is 992. The third-order valence-electron chi connectivity index (χ3n) is 5.62. The summed E-state index contributed by atoms with van der Waals surface area (Å²) < 4.78 is 6.08. The lowest BCUT2D eigenvalue weighted by Gasteiger charge is -2.27. The van der Waals surface area contributed by atoms with E-state index >= 15 is 0 Å². The van der Waals surface area contributed by atoms with Gasteiger partial charge in [-0.3, -0.25) is 4.98 Å². The van der Waals surface area contributed by atoms with Crippen LogP contribution in [0.3, 0.4) is 0 Å². The third-order valence-corrected chi connectivity index (χ3v) is 5.62. The van der Waals surface area contributed by atoms with E-state index in [2.05, 4.69) is 39.9 Å². The quantitative estimate of drug-likeness (QED) is 0.717. The molecule has 1 aromatic carbocycles. The van der Waals surface area contributed by atoms with E-state index < -0.39 is 0 Å². The van der Waals surface area contributed by atoms with Crippen LogP contribution in [-0.4, -0.2) is 41.2 Å². The Morgan fingerprint density at radius 3 is 2.83 bits per heavy atom. The molecule has 0 aliphatic carbocycles. The van der Waals surface area contributed by atoms with Crippen molar-refractivity contribution in [2.45, 2.75) is 25.4 Å². The Hall–Kier alpha value is -2.83. The van der Waals surface area contributed by atoms with E-state index in [9.17, 15) is 0 Å². The Morgan fingerprint density at radius 2 is 1.90 bits per heavy atom. The molecule has 2 aromatic heterocycles. The molecule has 2 aliphatic rings. The summed E-state index contributed by atoms with van der Waals surface area (Å²) in [6, 6.07) is 14.4. The second kappa shape index (κ2) is 8.27. The number of hydrogen-bond acceptors (Lipinski definition) is 6. The molecule has 0 saturated carbocycles. The van der Waals surface area contributed by atoms with Crippen molar-refractivity contribution in [3.63, 3.8) is 0 Å². The summed E-state index contributed by atoms with van der Waals surface area (Å²) in [5.41, 5.74) is 5.77. The van der Waals surface area contributed by atoms with Crippen molar-refractivity contribution in [3.8, 4) is 11.5 Å². The zero-order valence-electron chi connectivity index (χ0n) is 16.4. The highest BCUT2D eigenvalue weighted by Gasteiger charge is 2.22. The van der Waals surface area contributed by atoms with Crippen LogP contribution in [0.5, 0.6) is 0 Å². The van der Waals surface area contributed by atoms with Crippen molar-refractivity contribution < 1.29 is 4.74 Å². The van der Waals surface area contributed by atoms with Crippen molar-refractivity contribution in [1.29, 1.82) is 0 Å². The molecule has 3 aromatic rings. The molecule has 4 heterocycles. The molecule has 0 unspecified atom stereocenters.